The fraction of sp³-hybridized carbons (Fsp3) is 0.421. The first-order chi connectivity index (χ1) is 13.2. The van der Waals surface area contributed by atoms with Crippen LogP contribution in [0.5, 0.6) is 0 Å². The van der Waals surface area contributed by atoms with Crippen LogP contribution in [0.25, 0.3) is 11.0 Å². The summed E-state index contributed by atoms with van der Waals surface area (Å²) in [6.07, 6.45) is 4.93. The zero-order valence-electron chi connectivity index (χ0n) is 15.4. The Hall–Kier alpha value is -2.38. The summed E-state index contributed by atoms with van der Waals surface area (Å²) in [6, 6.07) is 8.22. The number of aromatic nitrogens is 4. The molecule has 1 aliphatic rings. The molecule has 0 aliphatic carbocycles. The predicted octanol–water partition coefficient (Wildman–Crippen LogP) is 4.22. The van der Waals surface area contributed by atoms with E-state index in [4.69, 9.17) is 16.3 Å². The highest BCUT2D eigenvalue weighted by Crippen LogP contribution is 2.32. The van der Waals surface area contributed by atoms with E-state index >= 15 is 0 Å². The number of nitrogens with one attached hydrogen (secondary N) is 2. The Kier molecular flexibility index (Phi) is 5.13. The summed E-state index contributed by atoms with van der Waals surface area (Å²) < 4.78 is 7.89. The van der Waals surface area contributed by atoms with Gasteiger partial charge in [-0.05, 0) is 48.6 Å². The van der Waals surface area contributed by atoms with E-state index in [9.17, 15) is 0 Å². The molecule has 2 aromatic heterocycles. The van der Waals surface area contributed by atoms with Crippen molar-refractivity contribution in [1.29, 1.82) is 0 Å². The second-order valence-corrected chi connectivity index (χ2v) is 7.00. The average Bonchev–Trinajstić information content (AvgIpc) is 3.33. The van der Waals surface area contributed by atoms with E-state index in [2.05, 4.69) is 44.8 Å². The molecule has 2 N–H and O–H groups in total. The molecule has 4 rings (SSSR count). The molecule has 0 bridgehead atoms. The van der Waals surface area contributed by atoms with Crippen LogP contribution >= 0.6 is 11.6 Å². The number of rotatable bonds is 6. The standard InChI is InChI=1S/C19H23ClN6O/c1-3-14-8-9-16(27-14)26-18-15(11-23-26)17(24-19(20)25-18)22-10-12-4-6-13(21-2)7-5-12/h4-7,11,14,16,21H,3,8-10H2,1-2H3,(H,22,24,25). The van der Waals surface area contributed by atoms with Crippen molar-refractivity contribution < 1.29 is 4.74 Å². The maximum atomic E-state index is 6.18. The van der Waals surface area contributed by atoms with Crippen molar-refractivity contribution in [2.75, 3.05) is 17.7 Å². The molecule has 2 unspecified atom stereocenters. The highest BCUT2D eigenvalue weighted by Gasteiger charge is 2.28. The van der Waals surface area contributed by atoms with Crippen molar-refractivity contribution in [3.05, 3.63) is 41.3 Å². The third-order valence-corrected chi connectivity index (χ3v) is 5.11. The molecular weight excluding hydrogens is 364 g/mol. The van der Waals surface area contributed by atoms with Crippen molar-refractivity contribution in [2.45, 2.75) is 45.1 Å². The number of halogens is 1. The SMILES string of the molecule is CCC1CCC(n2ncc3c(NCc4ccc(NC)cc4)nc(Cl)nc32)O1. The third kappa shape index (κ3) is 3.70. The van der Waals surface area contributed by atoms with Crippen LogP contribution in [-0.2, 0) is 11.3 Å². The third-order valence-electron chi connectivity index (χ3n) is 4.94. The molecule has 0 radical (unpaired) electrons. The molecule has 3 aromatic rings. The van der Waals surface area contributed by atoms with Gasteiger partial charge in [0.25, 0.3) is 0 Å². The summed E-state index contributed by atoms with van der Waals surface area (Å²) in [7, 11) is 1.90. The first-order valence-corrected chi connectivity index (χ1v) is 9.62. The Morgan fingerprint density at radius 1 is 1.22 bits per heavy atom. The molecule has 3 heterocycles. The van der Waals surface area contributed by atoms with Gasteiger partial charge in [-0.2, -0.15) is 15.1 Å². The van der Waals surface area contributed by atoms with Crippen LogP contribution in [0.15, 0.2) is 30.5 Å². The first kappa shape index (κ1) is 18.0. The van der Waals surface area contributed by atoms with Crippen LogP contribution in [-0.4, -0.2) is 32.9 Å². The minimum Gasteiger partial charge on any atom is -0.388 e. The number of nitrogens with zero attached hydrogens (tertiary/aromatic N) is 4. The number of ether oxygens (including phenoxy) is 1. The molecule has 0 saturated carbocycles. The fourth-order valence-corrected chi connectivity index (χ4v) is 3.55. The Labute approximate surface area is 163 Å². The minimum absolute atomic E-state index is 0.0969. The fourth-order valence-electron chi connectivity index (χ4n) is 3.39. The van der Waals surface area contributed by atoms with Crippen LogP contribution in [0.1, 0.15) is 38.0 Å². The van der Waals surface area contributed by atoms with Gasteiger partial charge in [-0.1, -0.05) is 19.1 Å². The van der Waals surface area contributed by atoms with E-state index in [0.717, 1.165) is 35.9 Å². The van der Waals surface area contributed by atoms with Gasteiger partial charge in [0.05, 0.1) is 17.7 Å². The van der Waals surface area contributed by atoms with Gasteiger partial charge in [-0.15, -0.1) is 0 Å². The van der Waals surface area contributed by atoms with E-state index in [1.165, 1.54) is 0 Å². The Bertz CT molecular complexity index is 926. The van der Waals surface area contributed by atoms with Crippen LogP contribution in [0, 0.1) is 0 Å². The molecule has 0 spiro atoms. The van der Waals surface area contributed by atoms with Crippen molar-refractivity contribution in [1.82, 2.24) is 19.7 Å². The van der Waals surface area contributed by atoms with E-state index in [0.29, 0.717) is 18.0 Å². The van der Waals surface area contributed by atoms with Gasteiger partial charge in [0.2, 0.25) is 5.28 Å². The smallest absolute Gasteiger partial charge is 0.226 e. The molecule has 0 amide bonds. The van der Waals surface area contributed by atoms with Crippen LogP contribution in [0.4, 0.5) is 11.5 Å². The van der Waals surface area contributed by atoms with Crippen LogP contribution in [0.3, 0.4) is 0 Å². The summed E-state index contributed by atoms with van der Waals surface area (Å²) in [6.45, 7) is 2.77. The topological polar surface area (TPSA) is 76.9 Å². The largest absolute Gasteiger partial charge is 0.388 e. The van der Waals surface area contributed by atoms with Crippen molar-refractivity contribution >= 4 is 34.1 Å². The lowest BCUT2D eigenvalue weighted by Gasteiger charge is -2.14. The Morgan fingerprint density at radius 3 is 2.74 bits per heavy atom. The quantitative estimate of drug-likeness (QED) is 0.617. The van der Waals surface area contributed by atoms with Gasteiger partial charge < -0.3 is 15.4 Å². The maximum absolute atomic E-state index is 6.18. The summed E-state index contributed by atoms with van der Waals surface area (Å²) in [5.74, 6) is 0.680. The molecule has 142 valence electrons. The Morgan fingerprint density at radius 2 is 2.04 bits per heavy atom. The van der Waals surface area contributed by atoms with Gasteiger partial charge in [0.1, 0.15) is 5.82 Å². The summed E-state index contributed by atoms with van der Waals surface area (Å²) in [4.78, 5) is 8.75. The average molecular weight is 387 g/mol. The van der Waals surface area contributed by atoms with Crippen molar-refractivity contribution in [2.24, 2.45) is 0 Å². The second kappa shape index (κ2) is 7.70. The van der Waals surface area contributed by atoms with Gasteiger partial charge in [0.15, 0.2) is 11.9 Å². The lowest BCUT2D eigenvalue weighted by molar-refractivity contribution is -0.00403. The number of hydrogen-bond donors (Lipinski definition) is 2. The summed E-state index contributed by atoms with van der Waals surface area (Å²) in [5.41, 5.74) is 2.92. The second-order valence-electron chi connectivity index (χ2n) is 6.67. The number of benzene rings is 1. The van der Waals surface area contributed by atoms with Crippen LogP contribution in [0.2, 0.25) is 5.28 Å². The molecule has 7 nitrogen and oxygen atoms in total. The van der Waals surface area contributed by atoms with E-state index in [-0.39, 0.29) is 17.6 Å². The van der Waals surface area contributed by atoms with Gasteiger partial charge in [-0.3, -0.25) is 0 Å². The molecule has 8 heteroatoms. The lowest BCUT2D eigenvalue weighted by atomic mass is 10.2. The summed E-state index contributed by atoms with van der Waals surface area (Å²) >= 11 is 6.18. The maximum Gasteiger partial charge on any atom is 0.226 e. The van der Waals surface area contributed by atoms with Gasteiger partial charge >= 0.3 is 0 Å². The molecular formula is C19H23ClN6O. The van der Waals surface area contributed by atoms with Gasteiger partial charge in [0, 0.05) is 19.3 Å². The van der Waals surface area contributed by atoms with Crippen molar-refractivity contribution in [3.63, 3.8) is 0 Å². The molecule has 1 fully saturated rings. The highest BCUT2D eigenvalue weighted by molar-refractivity contribution is 6.28. The predicted molar refractivity (Wildman–Crippen MR) is 107 cm³/mol. The van der Waals surface area contributed by atoms with E-state index in [1.807, 2.05) is 23.9 Å². The van der Waals surface area contributed by atoms with E-state index in [1.54, 1.807) is 6.20 Å². The van der Waals surface area contributed by atoms with Crippen LogP contribution < -0.4 is 10.6 Å². The normalized spacial score (nSPS) is 19.5. The lowest BCUT2D eigenvalue weighted by Crippen LogP contribution is -2.12. The zero-order valence-corrected chi connectivity index (χ0v) is 16.2. The molecule has 1 aliphatic heterocycles. The monoisotopic (exact) mass is 386 g/mol. The minimum atomic E-state index is -0.0969. The number of hydrogen-bond acceptors (Lipinski definition) is 6. The molecule has 1 aromatic carbocycles. The highest BCUT2D eigenvalue weighted by atomic mass is 35.5. The first-order valence-electron chi connectivity index (χ1n) is 9.24. The van der Waals surface area contributed by atoms with Gasteiger partial charge in [-0.25, -0.2) is 4.68 Å². The number of anilines is 2. The molecule has 27 heavy (non-hydrogen) atoms. The molecule has 1 saturated heterocycles. The zero-order chi connectivity index (χ0) is 18.8. The Balaban J connectivity index is 1.57. The summed E-state index contributed by atoms with van der Waals surface area (Å²) in [5, 5.41) is 12.0. The van der Waals surface area contributed by atoms with Crippen molar-refractivity contribution in [3.8, 4) is 0 Å². The number of fused-ring (bicyclic) bond motifs is 1. The molecule has 2 atom stereocenters. The van der Waals surface area contributed by atoms with E-state index < -0.39 is 0 Å².